The van der Waals surface area contributed by atoms with Gasteiger partial charge in [-0.2, -0.15) is 18.3 Å². The molecule has 0 bridgehead atoms. The predicted molar refractivity (Wildman–Crippen MR) is 134 cm³/mol. The van der Waals surface area contributed by atoms with Gasteiger partial charge in [0.15, 0.2) is 5.69 Å². The molecule has 204 valence electrons. The molecule has 0 unspecified atom stereocenters. The Balaban J connectivity index is 1.56. The highest BCUT2D eigenvalue weighted by Crippen LogP contribution is 2.42. The number of rotatable bonds is 8. The van der Waals surface area contributed by atoms with E-state index < -0.39 is 29.6 Å². The number of hydrogen-bond donors (Lipinski definition) is 2. The summed E-state index contributed by atoms with van der Waals surface area (Å²) in [5, 5.41) is 14.5. The van der Waals surface area contributed by atoms with Crippen molar-refractivity contribution in [2.45, 2.75) is 45.1 Å². The molecule has 1 fully saturated rings. The maximum absolute atomic E-state index is 13.9. The molecule has 39 heavy (non-hydrogen) atoms. The molecule has 2 N–H and O–H groups in total. The van der Waals surface area contributed by atoms with Crippen molar-refractivity contribution in [3.8, 4) is 11.1 Å². The van der Waals surface area contributed by atoms with E-state index in [4.69, 9.17) is 21.4 Å². The van der Waals surface area contributed by atoms with Crippen LogP contribution in [-0.4, -0.2) is 20.3 Å². The van der Waals surface area contributed by atoms with Gasteiger partial charge in [0.05, 0.1) is 17.6 Å². The van der Waals surface area contributed by atoms with E-state index in [-0.39, 0.29) is 46.4 Å². The highest BCUT2D eigenvalue weighted by Gasteiger charge is 2.38. The minimum Gasteiger partial charge on any atom is -0.432 e. The third-order valence-corrected chi connectivity index (χ3v) is 6.93. The highest BCUT2D eigenvalue weighted by molar-refractivity contribution is 6.30. The molecular weight excluding hydrogens is 538 g/mol. The fourth-order valence-electron chi connectivity index (χ4n) is 4.53. The Morgan fingerprint density at radius 3 is 2.64 bits per heavy atom. The fourth-order valence-corrected chi connectivity index (χ4v) is 4.72. The van der Waals surface area contributed by atoms with Gasteiger partial charge in [0.2, 0.25) is 0 Å². The molecule has 1 saturated carbocycles. The quantitative estimate of drug-likeness (QED) is 0.252. The van der Waals surface area contributed by atoms with Crippen LogP contribution >= 0.6 is 11.6 Å². The monoisotopic (exact) mass is 561 g/mol. The highest BCUT2D eigenvalue weighted by atomic mass is 35.5. The molecule has 0 aliphatic heterocycles. The minimum absolute atomic E-state index is 0.0624. The van der Waals surface area contributed by atoms with Gasteiger partial charge in [0.1, 0.15) is 12.1 Å². The Hall–Kier alpha value is -3.86. The number of nitrogens with zero attached hydrogens (tertiary/aromatic N) is 3. The zero-order valence-corrected chi connectivity index (χ0v) is 21.5. The lowest BCUT2D eigenvalue weighted by Gasteiger charge is -2.20. The average molecular weight is 562 g/mol. The van der Waals surface area contributed by atoms with E-state index in [1.165, 1.54) is 46.1 Å². The Morgan fingerprint density at radius 1 is 1.26 bits per heavy atom. The smallest absolute Gasteiger partial charge is 0.432 e. The van der Waals surface area contributed by atoms with E-state index in [9.17, 15) is 22.4 Å². The van der Waals surface area contributed by atoms with Gasteiger partial charge < -0.3 is 9.73 Å². The van der Waals surface area contributed by atoms with E-state index in [2.05, 4.69) is 10.4 Å². The number of halogens is 5. The second kappa shape index (κ2) is 10.4. The first-order chi connectivity index (χ1) is 18.5. The second-order valence-corrected chi connectivity index (χ2v) is 9.87. The van der Waals surface area contributed by atoms with Crippen LogP contribution in [-0.2, 0) is 19.3 Å². The molecule has 0 radical (unpaired) electrons. The van der Waals surface area contributed by atoms with Crippen molar-refractivity contribution in [1.82, 2.24) is 19.7 Å². The van der Waals surface area contributed by atoms with Crippen LogP contribution in [0.15, 0.2) is 59.5 Å². The molecule has 1 aliphatic rings. The first-order valence-electron chi connectivity index (χ1n) is 12.3. The topological polar surface area (TPSA) is 88.8 Å². The van der Waals surface area contributed by atoms with Crippen LogP contribution in [0.2, 0.25) is 5.02 Å². The lowest BCUT2D eigenvalue weighted by molar-refractivity contribution is -0.141. The van der Waals surface area contributed by atoms with Crippen LogP contribution in [0.25, 0.3) is 11.1 Å². The third kappa shape index (κ3) is 5.78. The van der Waals surface area contributed by atoms with E-state index in [1.54, 1.807) is 25.1 Å². The molecule has 0 saturated heterocycles. The maximum Gasteiger partial charge on any atom is 0.435 e. The average Bonchev–Trinajstić information content (AvgIpc) is 3.50. The lowest BCUT2D eigenvalue weighted by Crippen LogP contribution is -2.30. The molecule has 1 aliphatic carbocycles. The summed E-state index contributed by atoms with van der Waals surface area (Å²) in [6.45, 7) is 2.00. The second-order valence-electron chi connectivity index (χ2n) is 9.46. The van der Waals surface area contributed by atoms with Gasteiger partial charge in [0.25, 0.3) is 11.6 Å². The zero-order valence-electron chi connectivity index (χ0n) is 20.7. The number of amides is 1. The molecule has 4 aromatic rings. The Kier molecular flexibility index (Phi) is 7.11. The predicted octanol–water partition coefficient (Wildman–Crippen LogP) is 6.18. The number of alkyl halides is 3. The van der Waals surface area contributed by atoms with Crippen LogP contribution in [0.5, 0.6) is 0 Å². The summed E-state index contributed by atoms with van der Waals surface area (Å²) in [4.78, 5) is 13.5. The molecule has 7 nitrogen and oxygen atoms in total. The summed E-state index contributed by atoms with van der Waals surface area (Å²) in [6.07, 6.45) is 1.16. The van der Waals surface area contributed by atoms with Crippen LogP contribution in [0.4, 0.5) is 17.6 Å². The third-order valence-electron chi connectivity index (χ3n) is 6.64. The lowest BCUT2D eigenvalue weighted by atomic mass is 9.98. The standard InChI is InChI=1S/C27H24ClF4N5O2/c1-2-37-14-20(24(35-37)27(30,31)32)18-9-15(13-36-7-8-39-26(36)33)10-19(11-18)25(38)34-23(16-3-4-16)17-5-6-22(29)21(28)12-17/h5-12,14,16,23,33H,2-4,13H2,1H3,(H,34,38)/t23-/m0/s1. The molecule has 12 heteroatoms. The summed E-state index contributed by atoms with van der Waals surface area (Å²) < 4.78 is 63.1. The molecule has 1 amide bonds. The Bertz CT molecular complexity index is 1590. The SMILES string of the molecule is CCn1cc(-c2cc(Cn3ccoc3=N)cc(C(=O)N[C@H](c3ccc(F)c(Cl)c3)C3CC3)c2)c(C(F)(F)F)n1. The first kappa shape index (κ1) is 26.7. The van der Waals surface area contributed by atoms with Gasteiger partial charge in [-0.3, -0.25) is 19.5 Å². The fraction of sp³-hybridized carbons (Fsp3) is 0.296. The van der Waals surface area contributed by atoms with Crippen LogP contribution in [0.3, 0.4) is 0 Å². The number of hydrogen-bond acceptors (Lipinski definition) is 4. The van der Waals surface area contributed by atoms with Gasteiger partial charge in [-0.25, -0.2) is 4.39 Å². The van der Waals surface area contributed by atoms with Crippen molar-refractivity contribution < 1.29 is 26.8 Å². The van der Waals surface area contributed by atoms with Crippen molar-refractivity contribution in [3.05, 3.63) is 94.0 Å². The number of nitrogens with one attached hydrogen (secondary N) is 2. The molecule has 5 rings (SSSR count). The van der Waals surface area contributed by atoms with Crippen LogP contribution < -0.4 is 11.0 Å². The molecule has 0 spiro atoms. The number of oxazole rings is 1. The molecule has 2 aromatic carbocycles. The van der Waals surface area contributed by atoms with Crippen molar-refractivity contribution in [2.75, 3.05) is 0 Å². The number of aromatic nitrogens is 3. The molecule has 1 atom stereocenters. The number of carbonyl (C=O) groups is 1. The van der Waals surface area contributed by atoms with E-state index >= 15 is 0 Å². The number of benzene rings is 2. The zero-order chi connectivity index (χ0) is 27.9. The number of aryl methyl sites for hydroxylation is 1. The van der Waals surface area contributed by atoms with Crippen molar-refractivity contribution in [1.29, 1.82) is 5.41 Å². The number of carbonyl (C=O) groups excluding carboxylic acids is 1. The maximum atomic E-state index is 13.9. The minimum atomic E-state index is -4.71. The van der Waals surface area contributed by atoms with Crippen molar-refractivity contribution in [2.24, 2.45) is 5.92 Å². The molecule has 2 aromatic heterocycles. The van der Waals surface area contributed by atoms with Crippen LogP contribution in [0, 0.1) is 17.1 Å². The summed E-state index contributed by atoms with van der Waals surface area (Å²) in [7, 11) is 0. The Labute approximate surface area is 225 Å². The molecule has 2 heterocycles. The summed E-state index contributed by atoms with van der Waals surface area (Å²) >= 11 is 5.98. The molecular formula is C27H24ClF4N5O2. The van der Waals surface area contributed by atoms with Crippen LogP contribution in [0.1, 0.15) is 53.0 Å². The first-order valence-corrected chi connectivity index (χ1v) is 12.6. The van der Waals surface area contributed by atoms with E-state index in [1.807, 2.05) is 0 Å². The van der Waals surface area contributed by atoms with Gasteiger partial charge >= 0.3 is 6.18 Å². The normalized spacial score (nSPS) is 14.4. The van der Waals surface area contributed by atoms with Crippen molar-refractivity contribution >= 4 is 17.5 Å². The largest absolute Gasteiger partial charge is 0.435 e. The summed E-state index contributed by atoms with van der Waals surface area (Å²) in [5.74, 6) is -0.947. The summed E-state index contributed by atoms with van der Waals surface area (Å²) in [6, 6.07) is 8.34. The van der Waals surface area contributed by atoms with Crippen molar-refractivity contribution in [3.63, 3.8) is 0 Å². The van der Waals surface area contributed by atoms with Gasteiger partial charge in [-0.15, -0.1) is 0 Å². The van der Waals surface area contributed by atoms with E-state index in [0.717, 1.165) is 12.8 Å². The van der Waals surface area contributed by atoms with Gasteiger partial charge in [-0.1, -0.05) is 17.7 Å². The van der Waals surface area contributed by atoms with Gasteiger partial charge in [-0.05, 0) is 72.7 Å². The Morgan fingerprint density at radius 2 is 2.03 bits per heavy atom. The summed E-state index contributed by atoms with van der Waals surface area (Å²) in [5.41, 5.74) is 0.0628. The van der Waals surface area contributed by atoms with E-state index in [0.29, 0.717) is 11.1 Å². The van der Waals surface area contributed by atoms with Gasteiger partial charge in [0, 0.05) is 30.1 Å².